The smallest absolute Gasteiger partial charge is 0.337 e. The van der Waals surface area contributed by atoms with Gasteiger partial charge in [-0.25, -0.2) is 4.79 Å². The highest BCUT2D eigenvalue weighted by atomic mass is 16.5. The van der Waals surface area contributed by atoms with E-state index in [0.29, 0.717) is 30.8 Å². The molecule has 30 heavy (non-hydrogen) atoms. The number of carboxylic acid groups (broad SMARTS) is 1. The lowest BCUT2D eigenvalue weighted by Crippen LogP contribution is -2.38. The number of carbonyl (C=O) groups is 3. The van der Waals surface area contributed by atoms with Crippen LogP contribution in [0.1, 0.15) is 31.8 Å². The second kappa shape index (κ2) is 8.00. The first-order valence-corrected chi connectivity index (χ1v) is 9.50. The van der Waals surface area contributed by atoms with Crippen LogP contribution in [0, 0.1) is 0 Å². The van der Waals surface area contributed by atoms with Gasteiger partial charge in [0.1, 0.15) is 6.04 Å². The zero-order valence-electron chi connectivity index (χ0n) is 16.3. The van der Waals surface area contributed by atoms with Crippen LogP contribution in [0.4, 0.5) is 0 Å². The molecule has 1 amide bonds. The van der Waals surface area contributed by atoms with Gasteiger partial charge in [0.25, 0.3) is 5.91 Å². The van der Waals surface area contributed by atoms with Crippen LogP contribution in [-0.4, -0.2) is 40.7 Å². The first-order valence-electron chi connectivity index (χ1n) is 9.50. The SMILES string of the molecule is COC(=O)c1ccc(CNC(=O)c2ccc3c4c2ccn4CC(C(=O)O)NC3)cc1. The molecule has 1 aliphatic heterocycles. The Labute approximate surface area is 172 Å². The highest BCUT2D eigenvalue weighted by molar-refractivity contribution is 6.07. The summed E-state index contributed by atoms with van der Waals surface area (Å²) in [6, 6.07) is 11.6. The van der Waals surface area contributed by atoms with Gasteiger partial charge in [0.05, 0.1) is 18.2 Å². The number of methoxy groups -OCH3 is 1. The Morgan fingerprint density at radius 2 is 1.93 bits per heavy atom. The summed E-state index contributed by atoms with van der Waals surface area (Å²) in [6.45, 7) is 1.03. The second-order valence-electron chi connectivity index (χ2n) is 7.15. The van der Waals surface area contributed by atoms with E-state index in [4.69, 9.17) is 0 Å². The van der Waals surface area contributed by atoms with Crippen LogP contribution in [-0.2, 0) is 29.2 Å². The highest BCUT2D eigenvalue weighted by Crippen LogP contribution is 2.27. The maximum Gasteiger partial charge on any atom is 0.337 e. The lowest BCUT2D eigenvalue weighted by molar-refractivity contribution is -0.139. The molecule has 8 nitrogen and oxygen atoms in total. The van der Waals surface area contributed by atoms with Crippen molar-refractivity contribution in [3.8, 4) is 0 Å². The Morgan fingerprint density at radius 3 is 2.63 bits per heavy atom. The first-order chi connectivity index (χ1) is 14.5. The molecule has 0 saturated carbocycles. The molecule has 0 radical (unpaired) electrons. The van der Waals surface area contributed by atoms with Crippen LogP contribution in [0.25, 0.3) is 10.9 Å². The van der Waals surface area contributed by atoms with E-state index in [1.165, 1.54) is 7.11 Å². The first kappa shape index (κ1) is 19.7. The third-order valence-corrected chi connectivity index (χ3v) is 5.30. The Morgan fingerprint density at radius 1 is 1.17 bits per heavy atom. The predicted molar refractivity (Wildman–Crippen MR) is 109 cm³/mol. The van der Waals surface area contributed by atoms with Gasteiger partial charge in [-0.3, -0.25) is 14.9 Å². The van der Waals surface area contributed by atoms with E-state index in [2.05, 4.69) is 15.4 Å². The van der Waals surface area contributed by atoms with Crippen molar-refractivity contribution in [3.05, 3.63) is 70.9 Å². The van der Waals surface area contributed by atoms with Crippen LogP contribution >= 0.6 is 0 Å². The molecule has 2 heterocycles. The average molecular weight is 407 g/mol. The van der Waals surface area contributed by atoms with E-state index < -0.39 is 18.0 Å². The van der Waals surface area contributed by atoms with Crippen LogP contribution in [0.2, 0.25) is 0 Å². The molecule has 1 aliphatic rings. The molecule has 3 N–H and O–H groups in total. The molecule has 2 aromatic carbocycles. The van der Waals surface area contributed by atoms with Crippen LogP contribution in [0.3, 0.4) is 0 Å². The van der Waals surface area contributed by atoms with E-state index in [1.54, 1.807) is 30.3 Å². The summed E-state index contributed by atoms with van der Waals surface area (Å²) < 4.78 is 6.56. The van der Waals surface area contributed by atoms with E-state index in [9.17, 15) is 19.5 Å². The number of hydrogen-bond donors (Lipinski definition) is 3. The lowest BCUT2D eigenvalue weighted by atomic mass is 10.0. The number of hydrogen-bond acceptors (Lipinski definition) is 5. The van der Waals surface area contributed by atoms with Crippen molar-refractivity contribution in [1.29, 1.82) is 0 Å². The fraction of sp³-hybridized carbons (Fsp3) is 0.227. The van der Waals surface area contributed by atoms with Gasteiger partial charge in [0.15, 0.2) is 0 Å². The van der Waals surface area contributed by atoms with E-state index in [1.807, 2.05) is 22.9 Å². The van der Waals surface area contributed by atoms with Crippen molar-refractivity contribution >= 4 is 28.7 Å². The number of nitrogens with zero attached hydrogens (tertiary/aromatic N) is 1. The third kappa shape index (κ3) is 3.65. The number of aliphatic carboxylic acids is 1. The number of carbonyl (C=O) groups excluding carboxylic acids is 2. The van der Waals surface area contributed by atoms with Crippen LogP contribution in [0.5, 0.6) is 0 Å². The monoisotopic (exact) mass is 407 g/mol. The Hall–Kier alpha value is -3.65. The molecule has 4 rings (SSSR count). The van der Waals surface area contributed by atoms with E-state index >= 15 is 0 Å². The molecule has 154 valence electrons. The molecule has 0 aliphatic carbocycles. The van der Waals surface area contributed by atoms with Gasteiger partial charge in [0, 0.05) is 36.8 Å². The van der Waals surface area contributed by atoms with E-state index in [0.717, 1.165) is 22.0 Å². The number of esters is 1. The molecular formula is C22H21N3O5. The van der Waals surface area contributed by atoms with Crippen molar-refractivity contribution < 1.29 is 24.2 Å². The molecule has 1 unspecified atom stereocenters. The summed E-state index contributed by atoms with van der Waals surface area (Å²) >= 11 is 0. The Kier molecular flexibility index (Phi) is 5.24. The van der Waals surface area contributed by atoms with Gasteiger partial charge in [0.2, 0.25) is 0 Å². The van der Waals surface area contributed by atoms with Crippen LogP contribution < -0.4 is 10.6 Å². The minimum Gasteiger partial charge on any atom is -0.480 e. The lowest BCUT2D eigenvalue weighted by Gasteiger charge is -2.11. The molecule has 0 fully saturated rings. The molecular weight excluding hydrogens is 386 g/mol. The number of benzene rings is 2. The largest absolute Gasteiger partial charge is 0.480 e. The number of aromatic nitrogens is 1. The number of amides is 1. The molecule has 1 atom stereocenters. The third-order valence-electron chi connectivity index (χ3n) is 5.30. The average Bonchev–Trinajstić information content (AvgIpc) is 3.08. The van der Waals surface area contributed by atoms with E-state index in [-0.39, 0.29) is 5.91 Å². The summed E-state index contributed by atoms with van der Waals surface area (Å²) in [5.74, 6) is -1.53. The van der Waals surface area contributed by atoms with Crippen molar-refractivity contribution in [3.63, 3.8) is 0 Å². The van der Waals surface area contributed by atoms with Crippen molar-refractivity contribution in [1.82, 2.24) is 15.2 Å². The molecule has 1 aromatic heterocycles. The molecule has 0 saturated heterocycles. The van der Waals surface area contributed by atoms with Crippen LogP contribution in [0.15, 0.2) is 48.7 Å². The minimum atomic E-state index is -0.902. The topological polar surface area (TPSA) is 110 Å². The number of ether oxygens (including phenoxy) is 1. The Balaban J connectivity index is 1.53. The fourth-order valence-electron chi connectivity index (χ4n) is 3.71. The van der Waals surface area contributed by atoms with Gasteiger partial charge in [-0.2, -0.15) is 0 Å². The van der Waals surface area contributed by atoms with Crippen molar-refractivity contribution in [2.75, 3.05) is 7.11 Å². The molecule has 0 spiro atoms. The number of nitrogens with one attached hydrogen (secondary N) is 2. The van der Waals surface area contributed by atoms with Gasteiger partial charge >= 0.3 is 11.9 Å². The number of carboxylic acids is 1. The van der Waals surface area contributed by atoms with Gasteiger partial charge in [-0.15, -0.1) is 0 Å². The summed E-state index contributed by atoms with van der Waals surface area (Å²) in [5, 5.41) is 16.1. The summed E-state index contributed by atoms with van der Waals surface area (Å²) in [4.78, 5) is 35.7. The predicted octanol–water partition coefficient (Wildman–Crippen LogP) is 1.91. The number of rotatable bonds is 5. The molecule has 8 heteroatoms. The zero-order valence-corrected chi connectivity index (χ0v) is 16.3. The maximum absolute atomic E-state index is 12.8. The highest BCUT2D eigenvalue weighted by Gasteiger charge is 2.24. The second-order valence-corrected chi connectivity index (χ2v) is 7.15. The van der Waals surface area contributed by atoms with Gasteiger partial charge < -0.3 is 19.7 Å². The molecule has 0 bridgehead atoms. The fourth-order valence-corrected chi connectivity index (χ4v) is 3.71. The molecule has 3 aromatic rings. The minimum absolute atomic E-state index is 0.219. The summed E-state index contributed by atoms with van der Waals surface area (Å²) in [7, 11) is 1.33. The normalized spacial score (nSPS) is 15.4. The van der Waals surface area contributed by atoms with Gasteiger partial charge in [-0.05, 0) is 35.4 Å². The van der Waals surface area contributed by atoms with Crippen molar-refractivity contribution in [2.24, 2.45) is 0 Å². The van der Waals surface area contributed by atoms with Crippen molar-refractivity contribution in [2.45, 2.75) is 25.7 Å². The quantitative estimate of drug-likeness (QED) is 0.558. The Bertz CT molecular complexity index is 1130. The standard InChI is InChI=1S/C22H21N3O5/c1-30-22(29)14-4-2-13(3-5-14)10-24-20(26)17-7-6-15-11-23-18(21(27)28)12-25-9-8-16(17)19(15)25/h2-9,18,23H,10-12H2,1H3,(H,24,26)(H,27,28). The maximum atomic E-state index is 12.8. The zero-order chi connectivity index (χ0) is 21.3. The van der Waals surface area contributed by atoms with Gasteiger partial charge in [-0.1, -0.05) is 18.2 Å². The summed E-state index contributed by atoms with van der Waals surface area (Å²) in [6.07, 6.45) is 1.82. The summed E-state index contributed by atoms with van der Waals surface area (Å²) in [5.41, 5.74) is 3.67.